The number of hydrogen-bond acceptors (Lipinski definition) is 11. The molecule has 1 aliphatic rings. The summed E-state index contributed by atoms with van der Waals surface area (Å²) in [5.74, 6) is -1.28. The minimum absolute atomic E-state index is 0.217. The predicted molar refractivity (Wildman–Crippen MR) is 72.0 cm³/mol. The molecule has 7 N–H and O–H groups in total. The molecule has 0 aromatic heterocycles. The summed E-state index contributed by atoms with van der Waals surface area (Å²) in [7, 11) is 0. The molecule has 1 rings (SSSR count). The number of ether oxygens (including phenoxy) is 1. The van der Waals surface area contributed by atoms with Gasteiger partial charge in [0.25, 0.3) is 0 Å². The van der Waals surface area contributed by atoms with Gasteiger partial charge in [0, 0.05) is 6.54 Å². The van der Waals surface area contributed by atoms with Gasteiger partial charge in [0.1, 0.15) is 18.3 Å². The van der Waals surface area contributed by atoms with Crippen LogP contribution in [0.4, 0.5) is 0 Å². The van der Waals surface area contributed by atoms with E-state index in [2.05, 4.69) is 4.89 Å². The fourth-order valence-corrected chi connectivity index (χ4v) is 2.49. The molecule has 0 amide bonds. The lowest BCUT2D eigenvalue weighted by atomic mass is 10.1. The van der Waals surface area contributed by atoms with Crippen LogP contribution in [0.15, 0.2) is 0 Å². The van der Waals surface area contributed by atoms with E-state index < -0.39 is 68.9 Å². The fraction of sp³-hybridized carbons (Fsp3) is 0.917. The second-order valence-corrected chi connectivity index (χ2v) is 5.22. The Labute approximate surface area is 131 Å². The maximum atomic E-state index is 11.3. The Morgan fingerprint density at radius 3 is 1.87 bits per heavy atom. The molecule has 11 nitrogen and oxygen atoms in total. The first-order valence-corrected chi connectivity index (χ1v) is 7.01. The molecule has 136 valence electrons. The molecule has 1 saturated heterocycles. The smallest absolute Gasteiger partial charge is 0.373 e. The highest BCUT2D eigenvalue weighted by atomic mass is 17.1. The molecule has 0 bridgehead atoms. The summed E-state index contributed by atoms with van der Waals surface area (Å²) < 4.78 is 5.14. The third-order valence-electron chi connectivity index (χ3n) is 3.86. The Morgan fingerprint density at radius 1 is 1.00 bits per heavy atom. The van der Waals surface area contributed by atoms with Crippen LogP contribution < -0.4 is 0 Å². The van der Waals surface area contributed by atoms with Gasteiger partial charge in [-0.2, -0.15) is 5.26 Å². The zero-order valence-electron chi connectivity index (χ0n) is 12.3. The summed E-state index contributed by atoms with van der Waals surface area (Å²) in [5, 5.41) is 65.1. The predicted octanol–water partition coefficient (Wildman–Crippen LogP) is -4.50. The SMILES string of the molecule is O=C(OO)C1OC(CN(C(CO)CO)C(CO)CO)C(O)C1O. The van der Waals surface area contributed by atoms with Crippen LogP contribution in [0.5, 0.6) is 0 Å². The monoisotopic (exact) mass is 341 g/mol. The summed E-state index contributed by atoms with van der Waals surface area (Å²) in [6, 6.07) is -1.73. The Bertz CT molecular complexity index is 350. The zero-order chi connectivity index (χ0) is 17.6. The van der Waals surface area contributed by atoms with Crippen LogP contribution in [-0.4, -0.2) is 116 Å². The van der Waals surface area contributed by atoms with Crippen molar-refractivity contribution in [2.24, 2.45) is 0 Å². The lowest BCUT2D eigenvalue weighted by molar-refractivity contribution is -0.246. The van der Waals surface area contributed by atoms with Gasteiger partial charge in [-0.25, -0.2) is 4.79 Å². The summed E-state index contributed by atoms with van der Waals surface area (Å²) >= 11 is 0. The maximum absolute atomic E-state index is 11.3. The van der Waals surface area contributed by atoms with Crippen LogP contribution in [0.1, 0.15) is 0 Å². The molecule has 1 aliphatic heterocycles. The maximum Gasteiger partial charge on any atom is 0.373 e. The van der Waals surface area contributed by atoms with Crippen molar-refractivity contribution < 1.29 is 50.3 Å². The molecule has 23 heavy (non-hydrogen) atoms. The van der Waals surface area contributed by atoms with Crippen LogP contribution in [0.25, 0.3) is 0 Å². The van der Waals surface area contributed by atoms with Crippen molar-refractivity contribution in [3.8, 4) is 0 Å². The molecule has 1 heterocycles. The van der Waals surface area contributed by atoms with Crippen LogP contribution in [0, 0.1) is 0 Å². The van der Waals surface area contributed by atoms with Crippen LogP contribution >= 0.6 is 0 Å². The van der Waals surface area contributed by atoms with Crippen LogP contribution in [0.2, 0.25) is 0 Å². The van der Waals surface area contributed by atoms with Crippen molar-refractivity contribution in [1.82, 2.24) is 4.90 Å². The van der Waals surface area contributed by atoms with E-state index >= 15 is 0 Å². The molecule has 0 saturated carbocycles. The molecule has 0 radical (unpaired) electrons. The summed E-state index contributed by atoms with van der Waals surface area (Å²) in [6.07, 6.45) is -5.91. The normalized spacial score (nSPS) is 28.1. The van der Waals surface area contributed by atoms with Crippen molar-refractivity contribution in [2.45, 2.75) is 36.5 Å². The highest BCUT2D eigenvalue weighted by Gasteiger charge is 2.48. The first-order chi connectivity index (χ1) is 10.9. The van der Waals surface area contributed by atoms with E-state index in [0.29, 0.717) is 0 Å². The highest BCUT2D eigenvalue weighted by Crippen LogP contribution is 2.24. The Kier molecular flexibility index (Phi) is 8.25. The lowest BCUT2D eigenvalue weighted by Crippen LogP contribution is -2.54. The van der Waals surface area contributed by atoms with Crippen molar-refractivity contribution >= 4 is 5.97 Å². The number of hydrogen-bond donors (Lipinski definition) is 7. The average Bonchev–Trinajstić information content (AvgIpc) is 2.84. The minimum Gasteiger partial charge on any atom is -0.395 e. The Balaban J connectivity index is 2.88. The summed E-state index contributed by atoms with van der Waals surface area (Å²) in [6.45, 7) is -2.22. The molecule has 0 aliphatic carbocycles. The Morgan fingerprint density at radius 2 is 1.48 bits per heavy atom. The van der Waals surface area contributed by atoms with Crippen LogP contribution in [0.3, 0.4) is 0 Å². The third-order valence-corrected chi connectivity index (χ3v) is 3.86. The summed E-state index contributed by atoms with van der Waals surface area (Å²) in [4.78, 5) is 16.0. The van der Waals surface area contributed by atoms with Gasteiger partial charge in [0.15, 0.2) is 6.10 Å². The first-order valence-electron chi connectivity index (χ1n) is 7.01. The second-order valence-electron chi connectivity index (χ2n) is 5.22. The lowest BCUT2D eigenvalue weighted by Gasteiger charge is -2.36. The highest BCUT2D eigenvalue weighted by molar-refractivity contribution is 5.75. The van der Waals surface area contributed by atoms with Crippen molar-refractivity contribution in [3.63, 3.8) is 0 Å². The standard InChI is InChI=1S/C12H23NO10/c14-2-6(3-15)13(7(4-16)5-17)1-8-9(18)10(19)11(22-8)12(20)23-21/h6-11,14-19,21H,1-5H2. The topological polar surface area (TPSA) is 180 Å². The molecule has 0 aromatic carbocycles. The van der Waals surface area contributed by atoms with Crippen LogP contribution in [-0.2, 0) is 14.4 Å². The van der Waals surface area contributed by atoms with E-state index in [9.17, 15) is 35.4 Å². The van der Waals surface area contributed by atoms with Crippen molar-refractivity contribution in [1.29, 1.82) is 0 Å². The molecule has 0 spiro atoms. The number of carbonyl (C=O) groups is 1. The number of aliphatic hydroxyl groups is 6. The molecular formula is C12H23NO10. The van der Waals surface area contributed by atoms with Gasteiger partial charge >= 0.3 is 5.97 Å². The number of rotatable bonds is 9. The van der Waals surface area contributed by atoms with E-state index in [0.717, 1.165) is 0 Å². The number of aliphatic hydroxyl groups excluding tert-OH is 6. The zero-order valence-corrected chi connectivity index (χ0v) is 12.3. The fourth-order valence-electron chi connectivity index (χ4n) is 2.49. The molecule has 1 fully saturated rings. The first kappa shape index (κ1) is 20.2. The Hall–Kier alpha value is -0.890. The average molecular weight is 341 g/mol. The molecule has 11 heteroatoms. The van der Waals surface area contributed by atoms with Gasteiger partial charge in [0.2, 0.25) is 0 Å². The van der Waals surface area contributed by atoms with Crippen molar-refractivity contribution in [2.75, 3.05) is 33.0 Å². The van der Waals surface area contributed by atoms with Gasteiger partial charge in [-0.3, -0.25) is 9.79 Å². The van der Waals surface area contributed by atoms with E-state index in [4.69, 9.17) is 9.99 Å². The second kappa shape index (κ2) is 9.42. The van der Waals surface area contributed by atoms with Gasteiger partial charge in [0.05, 0.1) is 38.5 Å². The largest absolute Gasteiger partial charge is 0.395 e. The van der Waals surface area contributed by atoms with Gasteiger partial charge in [-0.15, -0.1) is 0 Å². The summed E-state index contributed by atoms with van der Waals surface area (Å²) in [5.41, 5.74) is 0. The molecular weight excluding hydrogens is 318 g/mol. The van der Waals surface area contributed by atoms with E-state index in [1.54, 1.807) is 0 Å². The number of carbonyl (C=O) groups excluding carboxylic acids is 1. The molecule has 4 atom stereocenters. The minimum atomic E-state index is -1.65. The quantitative estimate of drug-likeness (QED) is 0.159. The van der Waals surface area contributed by atoms with Gasteiger partial charge in [-0.1, -0.05) is 0 Å². The molecule has 4 unspecified atom stereocenters. The van der Waals surface area contributed by atoms with Crippen molar-refractivity contribution in [3.05, 3.63) is 0 Å². The van der Waals surface area contributed by atoms with Gasteiger partial charge in [-0.05, 0) is 0 Å². The molecule has 0 aromatic rings. The number of nitrogens with zero attached hydrogens (tertiary/aromatic N) is 1. The van der Waals surface area contributed by atoms with E-state index in [-0.39, 0.29) is 6.54 Å². The van der Waals surface area contributed by atoms with E-state index in [1.165, 1.54) is 4.90 Å². The van der Waals surface area contributed by atoms with E-state index in [1.807, 2.05) is 0 Å². The van der Waals surface area contributed by atoms with Gasteiger partial charge < -0.3 is 35.4 Å². The third kappa shape index (κ3) is 4.56.